The van der Waals surface area contributed by atoms with E-state index in [0.717, 1.165) is 4.31 Å². The number of hydrogen-bond acceptors (Lipinski definition) is 8. The zero-order valence-corrected chi connectivity index (χ0v) is 24.7. The van der Waals surface area contributed by atoms with Gasteiger partial charge >= 0.3 is 0 Å². The summed E-state index contributed by atoms with van der Waals surface area (Å²) in [6.45, 7) is 0.882. The number of amides is 4. The van der Waals surface area contributed by atoms with E-state index in [4.69, 9.17) is 0 Å². The number of fused-ring (bicyclic) bond motifs is 1. The SMILES string of the molecule is O=C1CCC(Nc2ccc(C3CCN(CC(=O)Nc4ccc5c(F)c(N6CC(=O)NS6=O)c(O)cc5c4)CC3)c(F)c2)C(=O)N1. The number of hydrogen-bond donors (Lipinski definition) is 5. The molecular weight excluding hydrogens is 610 g/mol. The number of anilines is 3. The van der Waals surface area contributed by atoms with Crippen molar-refractivity contribution in [2.24, 2.45) is 0 Å². The van der Waals surface area contributed by atoms with Crippen molar-refractivity contribution in [1.82, 2.24) is 14.9 Å². The Bertz CT molecular complexity index is 1750. The minimum atomic E-state index is -2.01. The number of carbonyl (C=O) groups excluding carboxylic acids is 4. The molecule has 15 heteroatoms. The van der Waals surface area contributed by atoms with E-state index in [0.29, 0.717) is 54.7 Å². The van der Waals surface area contributed by atoms with Crippen LogP contribution in [0.15, 0.2) is 42.5 Å². The summed E-state index contributed by atoms with van der Waals surface area (Å²) in [4.78, 5) is 49.7. The fraction of sp³-hybridized carbons (Fsp3) is 0.333. The Labute approximate surface area is 258 Å². The normalized spacial score (nSPS) is 21.1. The summed E-state index contributed by atoms with van der Waals surface area (Å²) in [5.41, 5.74) is 1.08. The van der Waals surface area contributed by atoms with Crippen molar-refractivity contribution in [1.29, 1.82) is 0 Å². The summed E-state index contributed by atoms with van der Waals surface area (Å²) < 4.78 is 45.5. The quantitative estimate of drug-likeness (QED) is 0.246. The molecule has 0 aliphatic carbocycles. The Morgan fingerprint density at radius 2 is 1.76 bits per heavy atom. The third-order valence-electron chi connectivity index (χ3n) is 8.23. The van der Waals surface area contributed by atoms with Gasteiger partial charge in [-0.05, 0) is 85.6 Å². The molecule has 3 aliphatic rings. The molecule has 2 unspecified atom stereocenters. The van der Waals surface area contributed by atoms with Gasteiger partial charge in [0, 0.05) is 23.2 Å². The molecule has 3 aromatic carbocycles. The number of piperidine rings is 2. The van der Waals surface area contributed by atoms with Gasteiger partial charge in [-0.15, -0.1) is 0 Å². The molecule has 6 rings (SSSR count). The minimum Gasteiger partial charge on any atom is -0.506 e. The van der Waals surface area contributed by atoms with Crippen LogP contribution in [0, 0.1) is 11.6 Å². The molecule has 3 heterocycles. The third kappa shape index (κ3) is 6.44. The van der Waals surface area contributed by atoms with E-state index in [1.807, 2.05) is 4.90 Å². The second-order valence-corrected chi connectivity index (χ2v) is 12.4. The second kappa shape index (κ2) is 12.4. The number of benzene rings is 3. The fourth-order valence-electron chi connectivity index (χ4n) is 5.97. The van der Waals surface area contributed by atoms with Crippen LogP contribution in [0.5, 0.6) is 5.75 Å². The van der Waals surface area contributed by atoms with Crippen LogP contribution in [-0.2, 0) is 30.3 Å². The van der Waals surface area contributed by atoms with E-state index in [-0.39, 0.29) is 54.1 Å². The van der Waals surface area contributed by atoms with E-state index in [2.05, 4.69) is 20.7 Å². The number of likely N-dealkylation sites (tertiary alicyclic amines) is 1. The average Bonchev–Trinajstić information content (AvgIpc) is 3.32. The molecule has 3 saturated heterocycles. The molecule has 0 radical (unpaired) electrons. The maximum absolute atomic E-state index is 15.3. The van der Waals surface area contributed by atoms with Crippen LogP contribution in [0.4, 0.5) is 25.8 Å². The lowest BCUT2D eigenvalue weighted by Crippen LogP contribution is -2.47. The molecule has 12 nitrogen and oxygen atoms in total. The molecule has 0 aromatic heterocycles. The van der Waals surface area contributed by atoms with E-state index in [1.54, 1.807) is 12.1 Å². The number of imide groups is 1. The van der Waals surface area contributed by atoms with Gasteiger partial charge in [-0.3, -0.25) is 38.4 Å². The Balaban J connectivity index is 1.03. The number of halogens is 2. The standard InChI is InChI=1S/C30H30F2N6O6S/c31-22-13-19(33-23-5-6-25(40)35-30(23)43)1-3-20(22)16-7-9-37(10-8-16)14-26(41)34-18-2-4-21-17(11-18)12-24(39)29(28(21)32)38-15-27(42)36-45(38)44/h1-4,11-13,16,23,33,39H,5-10,14-15H2,(H,34,41)(H,36,42)(H,35,40,43). The Hall–Kier alpha value is -4.63. The van der Waals surface area contributed by atoms with Crippen molar-refractivity contribution >= 4 is 62.6 Å². The van der Waals surface area contributed by atoms with Crippen molar-refractivity contribution in [2.45, 2.75) is 37.6 Å². The average molecular weight is 641 g/mol. The predicted octanol–water partition coefficient (Wildman–Crippen LogP) is 2.37. The van der Waals surface area contributed by atoms with Crippen LogP contribution in [-0.4, -0.2) is 70.1 Å². The first-order valence-corrected chi connectivity index (χ1v) is 15.5. The summed E-state index contributed by atoms with van der Waals surface area (Å²) in [7, 11) is 0. The molecule has 2 atom stereocenters. The van der Waals surface area contributed by atoms with Gasteiger partial charge in [-0.25, -0.2) is 13.0 Å². The Morgan fingerprint density at radius 3 is 2.44 bits per heavy atom. The first kappa shape index (κ1) is 30.4. The van der Waals surface area contributed by atoms with Crippen LogP contribution in [0.3, 0.4) is 0 Å². The molecule has 3 aliphatic heterocycles. The molecule has 5 N–H and O–H groups in total. The number of nitrogens with one attached hydrogen (secondary N) is 4. The van der Waals surface area contributed by atoms with Crippen molar-refractivity contribution < 1.29 is 37.3 Å². The maximum Gasteiger partial charge on any atom is 0.253 e. The number of rotatable bonds is 7. The van der Waals surface area contributed by atoms with Crippen LogP contribution in [0.1, 0.15) is 37.2 Å². The van der Waals surface area contributed by atoms with Gasteiger partial charge in [0.15, 0.2) is 5.82 Å². The zero-order chi connectivity index (χ0) is 31.8. The minimum absolute atomic E-state index is 0.0335. The van der Waals surface area contributed by atoms with Crippen molar-refractivity contribution in [3.8, 4) is 5.75 Å². The molecule has 4 amide bonds. The zero-order valence-electron chi connectivity index (χ0n) is 23.9. The lowest BCUT2D eigenvalue weighted by Gasteiger charge is -2.32. The highest BCUT2D eigenvalue weighted by Crippen LogP contribution is 2.38. The number of carbonyl (C=O) groups is 4. The highest BCUT2D eigenvalue weighted by molar-refractivity contribution is 7.85. The topological polar surface area (TPSA) is 160 Å². The molecule has 3 aromatic rings. The molecule has 0 spiro atoms. The molecule has 0 saturated carbocycles. The van der Waals surface area contributed by atoms with E-state index >= 15 is 8.78 Å². The highest BCUT2D eigenvalue weighted by Gasteiger charge is 2.32. The van der Waals surface area contributed by atoms with Crippen molar-refractivity contribution in [2.75, 3.05) is 41.1 Å². The summed E-state index contributed by atoms with van der Waals surface area (Å²) in [5.74, 6) is -3.34. The van der Waals surface area contributed by atoms with Gasteiger partial charge in [0.2, 0.25) is 28.9 Å². The molecule has 45 heavy (non-hydrogen) atoms. The van der Waals surface area contributed by atoms with Crippen LogP contribution >= 0.6 is 0 Å². The predicted molar refractivity (Wildman–Crippen MR) is 162 cm³/mol. The van der Waals surface area contributed by atoms with E-state index in [9.17, 15) is 28.5 Å². The van der Waals surface area contributed by atoms with E-state index in [1.165, 1.54) is 30.3 Å². The van der Waals surface area contributed by atoms with Gasteiger partial charge in [0.25, 0.3) is 5.91 Å². The molecule has 0 bridgehead atoms. The van der Waals surface area contributed by atoms with Crippen LogP contribution in [0.2, 0.25) is 0 Å². The monoisotopic (exact) mass is 640 g/mol. The number of phenols is 1. The van der Waals surface area contributed by atoms with E-state index < -0.39 is 40.6 Å². The Kier molecular flexibility index (Phi) is 8.38. The fourth-order valence-corrected chi connectivity index (χ4v) is 6.92. The van der Waals surface area contributed by atoms with Crippen LogP contribution < -0.4 is 25.0 Å². The van der Waals surface area contributed by atoms with Gasteiger partial charge < -0.3 is 15.7 Å². The van der Waals surface area contributed by atoms with Gasteiger partial charge in [-0.2, -0.15) is 0 Å². The van der Waals surface area contributed by atoms with Crippen molar-refractivity contribution in [3.05, 3.63) is 59.7 Å². The smallest absolute Gasteiger partial charge is 0.253 e. The lowest BCUT2D eigenvalue weighted by molar-refractivity contribution is -0.133. The van der Waals surface area contributed by atoms with Crippen LogP contribution in [0.25, 0.3) is 10.8 Å². The van der Waals surface area contributed by atoms with Crippen molar-refractivity contribution in [3.63, 3.8) is 0 Å². The van der Waals surface area contributed by atoms with Gasteiger partial charge in [0.05, 0.1) is 6.54 Å². The van der Waals surface area contributed by atoms with Gasteiger partial charge in [-0.1, -0.05) is 6.07 Å². The lowest BCUT2D eigenvalue weighted by atomic mass is 9.89. The number of phenolic OH excluding ortho intramolecular Hbond substituents is 1. The largest absolute Gasteiger partial charge is 0.506 e. The Morgan fingerprint density at radius 1 is 1.00 bits per heavy atom. The second-order valence-electron chi connectivity index (χ2n) is 11.3. The molecule has 236 valence electrons. The van der Waals surface area contributed by atoms with Gasteiger partial charge in [0.1, 0.15) is 29.8 Å². The molecular formula is C30H30F2N6O6S. The first-order valence-electron chi connectivity index (χ1n) is 14.4. The summed E-state index contributed by atoms with van der Waals surface area (Å²) in [6, 6.07) is 9.94. The summed E-state index contributed by atoms with van der Waals surface area (Å²) in [5, 5.41) is 18.9. The summed E-state index contributed by atoms with van der Waals surface area (Å²) in [6.07, 6.45) is 1.85. The molecule has 3 fully saturated rings. The summed E-state index contributed by atoms with van der Waals surface area (Å²) >= 11 is -2.01. The number of nitrogens with zero attached hydrogens (tertiary/aromatic N) is 2. The highest BCUT2D eigenvalue weighted by atomic mass is 32.2. The number of aromatic hydroxyl groups is 1. The third-order valence-corrected chi connectivity index (χ3v) is 9.34. The maximum atomic E-state index is 15.3. The first-order chi connectivity index (χ1) is 21.5.